The van der Waals surface area contributed by atoms with Crippen molar-refractivity contribution in [1.82, 2.24) is 19.6 Å². The Morgan fingerprint density at radius 2 is 2.04 bits per heavy atom. The smallest absolute Gasteiger partial charge is 0.257 e. The minimum absolute atomic E-state index is 0.364. The van der Waals surface area contributed by atoms with Gasteiger partial charge in [-0.25, -0.2) is 8.78 Å². The SMILES string of the molecule is C=Cc1cc2c(cc1F)c(N(C)c1cccc(F)c1)nc1nncn12. The summed E-state index contributed by atoms with van der Waals surface area (Å²) in [5, 5.41) is 8.41. The molecule has 0 saturated heterocycles. The van der Waals surface area contributed by atoms with Crippen LogP contribution in [-0.2, 0) is 0 Å². The summed E-state index contributed by atoms with van der Waals surface area (Å²) >= 11 is 0. The molecule has 0 radical (unpaired) electrons. The summed E-state index contributed by atoms with van der Waals surface area (Å²) in [6.07, 6.45) is 2.96. The first-order valence-electron chi connectivity index (χ1n) is 7.53. The summed E-state index contributed by atoms with van der Waals surface area (Å²) in [6.45, 7) is 3.63. The number of anilines is 2. The maximum atomic E-state index is 14.3. The second kappa shape index (κ2) is 5.62. The number of hydrogen-bond acceptors (Lipinski definition) is 4. The molecule has 0 aliphatic carbocycles. The highest BCUT2D eigenvalue weighted by Gasteiger charge is 2.17. The molecule has 0 aliphatic heterocycles. The molecule has 0 saturated carbocycles. The molecule has 0 bridgehead atoms. The monoisotopic (exact) mass is 337 g/mol. The van der Waals surface area contributed by atoms with E-state index in [9.17, 15) is 8.78 Å². The second-order valence-corrected chi connectivity index (χ2v) is 5.57. The summed E-state index contributed by atoms with van der Waals surface area (Å²) in [7, 11) is 1.74. The van der Waals surface area contributed by atoms with Crippen molar-refractivity contribution in [3.05, 3.63) is 66.5 Å². The van der Waals surface area contributed by atoms with Gasteiger partial charge in [-0.05, 0) is 30.3 Å². The van der Waals surface area contributed by atoms with Crippen molar-refractivity contribution in [3.63, 3.8) is 0 Å². The van der Waals surface area contributed by atoms with Crippen LogP contribution >= 0.6 is 0 Å². The Kier molecular flexibility index (Phi) is 3.42. The first-order valence-corrected chi connectivity index (χ1v) is 7.53. The Morgan fingerprint density at radius 3 is 2.80 bits per heavy atom. The van der Waals surface area contributed by atoms with E-state index in [-0.39, 0.29) is 5.82 Å². The Morgan fingerprint density at radius 1 is 1.20 bits per heavy atom. The highest BCUT2D eigenvalue weighted by molar-refractivity contribution is 5.94. The van der Waals surface area contributed by atoms with Crippen molar-refractivity contribution in [2.45, 2.75) is 0 Å². The minimum atomic E-state index is -0.411. The van der Waals surface area contributed by atoms with E-state index in [0.29, 0.717) is 33.7 Å². The molecule has 0 fully saturated rings. The lowest BCUT2D eigenvalue weighted by atomic mass is 10.1. The van der Waals surface area contributed by atoms with Gasteiger partial charge in [0.15, 0.2) is 0 Å². The highest BCUT2D eigenvalue weighted by atomic mass is 19.1. The quantitative estimate of drug-likeness (QED) is 0.567. The van der Waals surface area contributed by atoms with Gasteiger partial charge in [-0.2, -0.15) is 4.98 Å². The van der Waals surface area contributed by atoms with E-state index in [4.69, 9.17) is 0 Å². The van der Waals surface area contributed by atoms with Crippen LogP contribution in [0, 0.1) is 11.6 Å². The lowest BCUT2D eigenvalue weighted by molar-refractivity contribution is 0.626. The second-order valence-electron chi connectivity index (χ2n) is 5.57. The van der Waals surface area contributed by atoms with Gasteiger partial charge in [-0.1, -0.05) is 18.7 Å². The van der Waals surface area contributed by atoms with Crippen molar-refractivity contribution >= 4 is 34.3 Å². The zero-order valence-corrected chi connectivity index (χ0v) is 13.3. The van der Waals surface area contributed by atoms with Gasteiger partial charge in [0.2, 0.25) is 0 Å². The predicted octanol–water partition coefficient (Wildman–Crippen LogP) is 3.97. The first kappa shape index (κ1) is 15.2. The molecular formula is C18H13F2N5. The first-order chi connectivity index (χ1) is 12.1. The molecule has 4 aromatic rings. The molecule has 2 heterocycles. The standard InChI is InChI=1S/C18H13F2N5/c1-3-11-7-16-14(9-15(11)20)17(22-18-23-21-10-25(16)18)24(2)13-6-4-5-12(19)8-13/h3-10H,1H2,2H3. The van der Waals surface area contributed by atoms with Gasteiger partial charge in [0.05, 0.1) is 5.52 Å². The van der Waals surface area contributed by atoms with E-state index < -0.39 is 5.82 Å². The molecule has 0 amide bonds. The fourth-order valence-electron chi connectivity index (χ4n) is 2.81. The summed E-state index contributed by atoms with van der Waals surface area (Å²) in [5.74, 6) is 0.0472. The molecule has 0 unspecified atom stereocenters. The lowest BCUT2D eigenvalue weighted by Crippen LogP contribution is -2.13. The maximum absolute atomic E-state index is 14.3. The van der Waals surface area contributed by atoms with Crippen LogP contribution in [0.2, 0.25) is 0 Å². The molecule has 7 heteroatoms. The maximum Gasteiger partial charge on any atom is 0.257 e. The number of hydrogen-bond donors (Lipinski definition) is 0. The third-order valence-electron chi connectivity index (χ3n) is 4.08. The molecule has 25 heavy (non-hydrogen) atoms. The fourth-order valence-corrected chi connectivity index (χ4v) is 2.81. The van der Waals surface area contributed by atoms with Crippen LogP contribution in [0.25, 0.3) is 22.8 Å². The molecule has 5 nitrogen and oxygen atoms in total. The molecule has 2 aromatic heterocycles. The van der Waals surface area contributed by atoms with Crippen molar-refractivity contribution in [3.8, 4) is 0 Å². The van der Waals surface area contributed by atoms with E-state index in [1.54, 1.807) is 34.5 Å². The lowest BCUT2D eigenvalue weighted by Gasteiger charge is -2.20. The van der Waals surface area contributed by atoms with Gasteiger partial charge in [-0.15, -0.1) is 10.2 Å². The number of fused-ring (bicyclic) bond motifs is 3. The average molecular weight is 337 g/mol. The Hall–Kier alpha value is -3.35. The van der Waals surface area contributed by atoms with Gasteiger partial charge in [0.1, 0.15) is 23.8 Å². The van der Waals surface area contributed by atoms with Crippen LogP contribution in [-0.4, -0.2) is 26.6 Å². The van der Waals surface area contributed by atoms with E-state index in [1.807, 2.05) is 0 Å². The molecule has 0 aliphatic rings. The molecule has 4 rings (SSSR count). The topological polar surface area (TPSA) is 46.3 Å². The number of rotatable bonds is 3. The van der Waals surface area contributed by atoms with Crippen molar-refractivity contribution in [1.29, 1.82) is 0 Å². The van der Waals surface area contributed by atoms with E-state index in [0.717, 1.165) is 0 Å². The van der Waals surface area contributed by atoms with Crippen LogP contribution in [0.1, 0.15) is 5.56 Å². The van der Waals surface area contributed by atoms with E-state index in [1.165, 1.54) is 30.6 Å². The molecule has 124 valence electrons. The van der Waals surface area contributed by atoms with E-state index >= 15 is 0 Å². The number of benzene rings is 2. The van der Waals surface area contributed by atoms with E-state index in [2.05, 4.69) is 21.8 Å². The van der Waals surface area contributed by atoms with Crippen LogP contribution in [0.15, 0.2) is 49.3 Å². The zero-order chi connectivity index (χ0) is 17.6. The largest absolute Gasteiger partial charge is 0.329 e. The average Bonchev–Trinajstić information content (AvgIpc) is 3.08. The molecule has 0 spiro atoms. The molecule has 0 atom stereocenters. The predicted molar refractivity (Wildman–Crippen MR) is 92.8 cm³/mol. The molecule has 2 aromatic carbocycles. The van der Waals surface area contributed by atoms with Crippen molar-refractivity contribution < 1.29 is 8.78 Å². The number of nitrogens with zero attached hydrogens (tertiary/aromatic N) is 5. The summed E-state index contributed by atoms with van der Waals surface area (Å²) in [5.41, 5.74) is 1.64. The van der Waals surface area contributed by atoms with Gasteiger partial charge >= 0.3 is 0 Å². The Balaban J connectivity index is 2.04. The number of halogens is 2. The van der Waals surface area contributed by atoms with Crippen LogP contribution in [0.3, 0.4) is 0 Å². The fraction of sp³-hybridized carbons (Fsp3) is 0.0556. The van der Waals surface area contributed by atoms with Crippen molar-refractivity contribution in [2.75, 3.05) is 11.9 Å². The summed E-state index contributed by atoms with van der Waals surface area (Å²) in [6, 6.07) is 9.16. The summed E-state index contributed by atoms with van der Waals surface area (Å²) < 4.78 is 29.6. The number of aromatic nitrogens is 4. The third kappa shape index (κ3) is 2.40. The van der Waals surface area contributed by atoms with Crippen LogP contribution < -0.4 is 4.90 Å². The van der Waals surface area contributed by atoms with Crippen LogP contribution in [0.5, 0.6) is 0 Å². The molecular weight excluding hydrogens is 324 g/mol. The van der Waals surface area contributed by atoms with Crippen LogP contribution in [0.4, 0.5) is 20.3 Å². The summed E-state index contributed by atoms with van der Waals surface area (Å²) in [4.78, 5) is 6.15. The highest BCUT2D eigenvalue weighted by Crippen LogP contribution is 2.32. The van der Waals surface area contributed by atoms with Crippen molar-refractivity contribution in [2.24, 2.45) is 0 Å². The van der Waals surface area contributed by atoms with Gasteiger partial charge < -0.3 is 4.90 Å². The third-order valence-corrected chi connectivity index (χ3v) is 4.08. The van der Waals surface area contributed by atoms with Gasteiger partial charge in [0, 0.05) is 23.7 Å². The normalized spacial score (nSPS) is 11.2. The molecule has 0 N–H and O–H groups in total. The zero-order valence-electron chi connectivity index (χ0n) is 13.3. The Bertz CT molecular complexity index is 1120. The minimum Gasteiger partial charge on any atom is -0.329 e. The van der Waals surface area contributed by atoms with Gasteiger partial charge in [-0.3, -0.25) is 4.40 Å². The van der Waals surface area contributed by atoms with Gasteiger partial charge in [0.25, 0.3) is 5.78 Å². The Labute approximate surface area is 141 Å².